The van der Waals surface area contributed by atoms with Crippen LogP contribution in [0.1, 0.15) is 22.8 Å². The van der Waals surface area contributed by atoms with E-state index in [2.05, 4.69) is 26.4 Å². The summed E-state index contributed by atoms with van der Waals surface area (Å²) in [6.07, 6.45) is 3.55. The number of hydrogen-bond acceptors (Lipinski definition) is 18. The van der Waals surface area contributed by atoms with Crippen LogP contribution in [0, 0.1) is 10.1 Å². The number of sulfonamides is 1. The van der Waals surface area contributed by atoms with Crippen LogP contribution in [-0.4, -0.2) is 85.1 Å². The number of non-ortho nitro benzene ring substituents is 1. The minimum Gasteiger partial charge on any atom is -0.506 e. The number of phenols is 1. The summed E-state index contributed by atoms with van der Waals surface area (Å²) in [5, 5.41) is 35.5. The number of para-hydroxylation sites is 1. The summed E-state index contributed by atoms with van der Waals surface area (Å²) in [6, 6.07) is 11.6. The van der Waals surface area contributed by atoms with E-state index in [1.165, 1.54) is 6.92 Å². The van der Waals surface area contributed by atoms with Gasteiger partial charge in [-0.3, -0.25) is 49.2 Å². The fraction of sp³-hybridized carbons (Fsp3) is 0.0625. The Morgan fingerprint density at radius 1 is 0.885 bits per heavy atom. The van der Waals surface area contributed by atoms with Gasteiger partial charge in [0.25, 0.3) is 31.8 Å². The molecule has 5 rings (SSSR count). The number of phenolic OH excluding ortho intramolecular Hbond substituents is 1. The number of nitrogens with one attached hydrogen (secondary N) is 3. The molecule has 23 nitrogen and oxygen atoms in total. The third-order valence-electron chi connectivity index (χ3n) is 7.51. The van der Waals surface area contributed by atoms with E-state index in [1.54, 1.807) is 30.3 Å². The number of hydrazone groups is 2. The van der Waals surface area contributed by atoms with Crippen molar-refractivity contribution in [2.75, 3.05) is 16.5 Å². The number of amides is 1. The second-order valence-electron chi connectivity index (χ2n) is 11.6. The number of nitro benzene ring substituents is 1. The molecule has 3 aromatic rings. The largest absolute Gasteiger partial charge is 1.00 e. The number of fused-ring (bicyclic) bond motifs is 1. The first-order valence-corrected chi connectivity index (χ1v) is 19.9. The van der Waals surface area contributed by atoms with Crippen LogP contribution in [0.25, 0.3) is 6.08 Å². The second-order valence-corrected chi connectivity index (χ2v) is 15.9. The van der Waals surface area contributed by atoms with Gasteiger partial charge in [0, 0.05) is 46.4 Å². The van der Waals surface area contributed by atoms with Gasteiger partial charge in [0.15, 0.2) is 17.5 Å². The zero-order chi connectivity index (χ0) is 43.3. The molecule has 0 aliphatic heterocycles. The molecule has 2 aliphatic carbocycles. The molecule has 3 aromatic carbocycles. The number of ketones is 3. The Hall–Kier alpha value is -4.44. The van der Waals surface area contributed by atoms with Crippen LogP contribution in [0.15, 0.2) is 104 Å². The summed E-state index contributed by atoms with van der Waals surface area (Å²) in [5.41, 5.74) is 7.04. The molecule has 29 heteroatoms. The van der Waals surface area contributed by atoms with Crippen molar-refractivity contribution in [3.63, 3.8) is 0 Å². The summed E-state index contributed by atoms with van der Waals surface area (Å²) in [4.78, 5) is 56.5. The number of carbonyl (C=O) groups is 4. The van der Waals surface area contributed by atoms with Gasteiger partial charge in [-0.2, -0.15) is 27.0 Å². The van der Waals surface area contributed by atoms with E-state index in [9.17, 15) is 68.8 Å². The number of Topliss-reactive ketones (excluding diaryl/α,β-unsaturated/α-hetero) is 2. The van der Waals surface area contributed by atoms with Crippen LogP contribution in [0.2, 0.25) is 0 Å². The van der Waals surface area contributed by atoms with Crippen molar-refractivity contribution in [3.05, 3.63) is 110 Å². The molecule has 0 radical (unpaired) electrons. The van der Waals surface area contributed by atoms with Crippen LogP contribution < -0.4 is 86.2 Å². The molecule has 0 fully saturated rings. The van der Waals surface area contributed by atoms with Crippen LogP contribution in [0.4, 0.5) is 22.7 Å². The topological polar surface area (TPSA) is 387 Å². The van der Waals surface area contributed by atoms with Gasteiger partial charge in [0.05, 0.1) is 15.4 Å². The van der Waals surface area contributed by atoms with Gasteiger partial charge < -0.3 is 16.2 Å². The molecule has 1 amide bonds. The SMILES string of the molecule is CC(=O)C(NN=C1C=C(S(N)(=O)=O)C=CC1=O)C(=O)Nc1ccccc1.Nc1ccc(S(=O)(=O)O)c2c1C(=O)/C(=N\Nc1cc([N+](=O)[O-])ccc1O)C(S(=O)(=O)O)=C2.[Cr].[Na+].[Na+]. The van der Waals surface area contributed by atoms with Crippen LogP contribution in [0.5, 0.6) is 5.75 Å². The van der Waals surface area contributed by atoms with Crippen molar-refractivity contribution in [1.29, 1.82) is 0 Å². The van der Waals surface area contributed by atoms with E-state index in [0.29, 0.717) is 11.8 Å². The van der Waals surface area contributed by atoms with Crippen molar-refractivity contribution in [2.45, 2.75) is 17.9 Å². The fourth-order valence-corrected chi connectivity index (χ4v) is 6.64. The predicted molar refractivity (Wildman–Crippen MR) is 206 cm³/mol. The monoisotopic (exact) mass is 958 g/mol. The number of nitrogens with zero attached hydrogens (tertiary/aromatic N) is 3. The van der Waals surface area contributed by atoms with Gasteiger partial charge in [-0.25, -0.2) is 13.6 Å². The van der Waals surface area contributed by atoms with Gasteiger partial charge >= 0.3 is 59.1 Å². The molecule has 0 saturated heterocycles. The Morgan fingerprint density at radius 2 is 1.51 bits per heavy atom. The Labute approximate surface area is 400 Å². The van der Waals surface area contributed by atoms with Gasteiger partial charge in [0.2, 0.25) is 21.6 Å². The van der Waals surface area contributed by atoms with Crippen LogP contribution in [0.3, 0.4) is 0 Å². The number of nitrogens with two attached hydrogens (primary N) is 2. The third-order valence-corrected chi connectivity index (χ3v) is 10.2. The maximum absolute atomic E-state index is 12.9. The molecule has 0 bridgehead atoms. The van der Waals surface area contributed by atoms with Crippen molar-refractivity contribution >= 4 is 93.8 Å². The number of aromatic hydroxyl groups is 1. The molecule has 10 N–H and O–H groups in total. The van der Waals surface area contributed by atoms with Gasteiger partial charge in [-0.1, -0.05) is 18.2 Å². The van der Waals surface area contributed by atoms with Gasteiger partial charge in [-0.05, 0) is 61.6 Å². The molecule has 0 saturated carbocycles. The van der Waals surface area contributed by atoms with Gasteiger partial charge in [0.1, 0.15) is 26.9 Å². The number of benzene rings is 3. The molecular weight excluding hydrogens is 931 g/mol. The zero-order valence-corrected chi connectivity index (χ0v) is 39.3. The normalized spacial score (nSPS) is 15.1. The molecule has 61 heavy (non-hydrogen) atoms. The summed E-state index contributed by atoms with van der Waals surface area (Å²) in [5.74, 6) is -3.62. The number of allylic oxidation sites excluding steroid dienone is 4. The summed E-state index contributed by atoms with van der Waals surface area (Å²) >= 11 is 0. The minimum absolute atomic E-state index is 0. The molecule has 1 unspecified atom stereocenters. The Morgan fingerprint density at radius 3 is 2.05 bits per heavy atom. The van der Waals surface area contributed by atoms with E-state index in [-0.39, 0.29) is 98.5 Å². The minimum atomic E-state index is -5.18. The smallest absolute Gasteiger partial charge is 0.506 e. The average molecular weight is 959 g/mol. The number of nitrogen functional groups attached to an aromatic ring is 1. The van der Waals surface area contributed by atoms with Crippen molar-refractivity contribution < 1.29 is 140 Å². The Bertz CT molecular complexity index is 2780. The van der Waals surface area contributed by atoms with Gasteiger partial charge in [-0.15, -0.1) is 0 Å². The fourth-order valence-electron chi connectivity index (χ4n) is 4.78. The zero-order valence-electron chi connectivity index (χ0n) is 31.5. The molecule has 1 atom stereocenters. The number of hydrogen-bond donors (Lipinski definition) is 8. The standard InChI is InChI=1S/C16H12N4O10S2.C16H16N4O5S.Cr.2Na/c17-9-2-4-12(31(25,26)27)8-6-13(32(28,29)30)15(16(22)14(8)9)19-18-10-5-7(20(23)24)1-3-11(10)21;1-10(21)15(16(23)18-11-5-3-2-4-6-11)20-19-13-9-12(26(17,24)25)7-8-14(13)22;;;/h1-6,18,21H,17H2,(H,25,26,27)(H,28,29,30);2-9,15,20H,1H3,(H,18,23)(H2,17,24,25);;;/q;;;2*+1/b19-15-;;;;. The second kappa shape index (κ2) is 22.1. The maximum atomic E-state index is 12.9. The molecule has 0 spiro atoms. The quantitative estimate of drug-likeness (QED) is 0.0130. The summed E-state index contributed by atoms with van der Waals surface area (Å²) in [6.45, 7) is 1.18. The van der Waals surface area contributed by atoms with Crippen molar-refractivity contribution in [1.82, 2.24) is 5.43 Å². The van der Waals surface area contributed by atoms with Crippen LogP contribution in [-0.2, 0) is 62.0 Å². The number of nitro groups is 1. The first-order valence-electron chi connectivity index (χ1n) is 15.5. The maximum Gasteiger partial charge on any atom is 1.00 e. The summed E-state index contributed by atoms with van der Waals surface area (Å²) in [7, 11) is -14.1. The molecule has 310 valence electrons. The van der Waals surface area contributed by atoms with Crippen LogP contribution >= 0.6 is 0 Å². The van der Waals surface area contributed by atoms with E-state index in [4.69, 9.17) is 10.9 Å². The molecule has 0 heterocycles. The number of primary sulfonamides is 1. The molecule has 2 aliphatic rings. The Balaban J connectivity index is 0.000000593. The van der Waals surface area contributed by atoms with E-state index in [1.807, 2.05) is 0 Å². The number of anilines is 3. The van der Waals surface area contributed by atoms with E-state index in [0.717, 1.165) is 48.6 Å². The van der Waals surface area contributed by atoms with Crippen molar-refractivity contribution in [3.8, 4) is 5.75 Å². The van der Waals surface area contributed by atoms with E-state index < -0.39 is 103 Å². The number of rotatable bonds is 11. The predicted octanol–water partition coefficient (Wildman–Crippen LogP) is -5.13. The van der Waals surface area contributed by atoms with E-state index >= 15 is 0 Å². The Kier molecular flexibility index (Phi) is 19.8. The first kappa shape index (κ1) is 54.6. The number of carbonyl (C=O) groups excluding carboxylic acids is 4. The molecule has 0 aromatic heterocycles. The first-order chi connectivity index (χ1) is 26.9. The average Bonchev–Trinajstić information content (AvgIpc) is 3.11. The van der Waals surface area contributed by atoms with Crippen molar-refractivity contribution in [2.24, 2.45) is 15.3 Å². The molecular formula is C32H28CrN8Na2O15S3+2. The summed E-state index contributed by atoms with van der Waals surface area (Å²) < 4.78 is 88.6. The third kappa shape index (κ3) is 14.0.